The average Bonchev–Trinajstić information content (AvgIpc) is 2.17. The standard InChI is InChI=1S/C12H20O2/c1-4-7-8-10-11(6-3)14-12(13)9-5-2/h3,11H,4-5,7-10H2,1-2H3/t11-/m0/s1. The van der Waals surface area contributed by atoms with E-state index >= 15 is 0 Å². The van der Waals surface area contributed by atoms with Crippen LogP contribution in [0.5, 0.6) is 0 Å². The van der Waals surface area contributed by atoms with E-state index in [0.29, 0.717) is 6.42 Å². The molecule has 14 heavy (non-hydrogen) atoms. The maximum atomic E-state index is 11.1. The summed E-state index contributed by atoms with van der Waals surface area (Å²) in [7, 11) is 0. The third-order valence-corrected chi connectivity index (χ3v) is 1.98. The molecule has 2 heteroatoms. The lowest BCUT2D eigenvalue weighted by Crippen LogP contribution is -2.16. The number of carbonyl (C=O) groups excluding carboxylic acids is 1. The highest BCUT2D eigenvalue weighted by Gasteiger charge is 2.09. The molecule has 0 aromatic carbocycles. The second-order valence-corrected chi connectivity index (χ2v) is 3.39. The molecule has 0 fully saturated rings. The Morgan fingerprint density at radius 3 is 2.57 bits per heavy atom. The van der Waals surface area contributed by atoms with Gasteiger partial charge in [0.1, 0.15) is 0 Å². The van der Waals surface area contributed by atoms with Crippen LogP contribution in [0.1, 0.15) is 52.4 Å². The van der Waals surface area contributed by atoms with Gasteiger partial charge in [-0.25, -0.2) is 0 Å². The molecule has 0 aliphatic carbocycles. The van der Waals surface area contributed by atoms with Crippen molar-refractivity contribution in [2.75, 3.05) is 0 Å². The largest absolute Gasteiger partial charge is 0.449 e. The minimum atomic E-state index is -0.319. The van der Waals surface area contributed by atoms with Crippen molar-refractivity contribution < 1.29 is 9.53 Å². The van der Waals surface area contributed by atoms with Crippen molar-refractivity contribution in [3.8, 4) is 12.3 Å². The monoisotopic (exact) mass is 196 g/mol. The molecule has 0 rings (SSSR count). The van der Waals surface area contributed by atoms with Gasteiger partial charge < -0.3 is 4.74 Å². The zero-order valence-electron chi connectivity index (χ0n) is 9.21. The Kier molecular flexibility index (Phi) is 8.02. The molecular formula is C12H20O2. The van der Waals surface area contributed by atoms with Crippen molar-refractivity contribution in [3.63, 3.8) is 0 Å². The third-order valence-electron chi connectivity index (χ3n) is 1.98. The highest BCUT2D eigenvalue weighted by molar-refractivity contribution is 5.69. The average molecular weight is 196 g/mol. The lowest BCUT2D eigenvalue weighted by atomic mass is 10.1. The van der Waals surface area contributed by atoms with Crippen LogP contribution in [0.25, 0.3) is 0 Å². The predicted octanol–water partition coefficient (Wildman–Crippen LogP) is 2.91. The number of carbonyl (C=O) groups is 1. The van der Waals surface area contributed by atoms with Gasteiger partial charge in [0.15, 0.2) is 6.10 Å². The van der Waals surface area contributed by atoms with Crippen molar-refractivity contribution in [3.05, 3.63) is 0 Å². The first-order valence-electron chi connectivity index (χ1n) is 5.40. The summed E-state index contributed by atoms with van der Waals surface area (Å²) in [4.78, 5) is 11.1. The molecule has 0 amide bonds. The third kappa shape index (κ3) is 6.54. The number of ether oxygens (including phenoxy) is 1. The van der Waals surface area contributed by atoms with Gasteiger partial charge in [0.25, 0.3) is 0 Å². The van der Waals surface area contributed by atoms with Crippen molar-refractivity contribution in [1.82, 2.24) is 0 Å². The molecule has 0 spiro atoms. The lowest BCUT2D eigenvalue weighted by molar-refractivity contribution is -0.146. The maximum Gasteiger partial charge on any atom is 0.307 e. The summed E-state index contributed by atoms with van der Waals surface area (Å²) in [5.74, 6) is 2.33. The Balaban J connectivity index is 3.68. The summed E-state index contributed by atoms with van der Waals surface area (Å²) in [5, 5.41) is 0. The normalized spacial score (nSPS) is 11.8. The lowest BCUT2D eigenvalue weighted by Gasteiger charge is -2.11. The van der Waals surface area contributed by atoms with Gasteiger partial charge in [0, 0.05) is 6.42 Å². The smallest absolute Gasteiger partial charge is 0.307 e. The highest BCUT2D eigenvalue weighted by Crippen LogP contribution is 2.07. The molecule has 0 aliphatic heterocycles. The van der Waals surface area contributed by atoms with Gasteiger partial charge >= 0.3 is 5.97 Å². The molecule has 0 aliphatic rings. The van der Waals surface area contributed by atoms with E-state index in [1.807, 2.05) is 6.92 Å². The summed E-state index contributed by atoms with van der Waals surface area (Å²) >= 11 is 0. The van der Waals surface area contributed by atoms with Crippen molar-refractivity contribution >= 4 is 5.97 Å². The van der Waals surface area contributed by atoms with E-state index in [1.54, 1.807) is 0 Å². The predicted molar refractivity (Wildman–Crippen MR) is 57.8 cm³/mol. The Labute approximate surface area is 87.0 Å². The van der Waals surface area contributed by atoms with E-state index in [0.717, 1.165) is 32.1 Å². The molecule has 0 saturated carbocycles. The molecule has 0 unspecified atom stereocenters. The fourth-order valence-corrected chi connectivity index (χ4v) is 1.18. The molecular weight excluding hydrogens is 176 g/mol. The minimum absolute atomic E-state index is 0.174. The van der Waals surface area contributed by atoms with E-state index in [1.165, 1.54) is 0 Å². The van der Waals surface area contributed by atoms with Gasteiger partial charge in [-0.1, -0.05) is 32.6 Å². The van der Waals surface area contributed by atoms with Crippen LogP contribution in [0.15, 0.2) is 0 Å². The molecule has 0 heterocycles. The zero-order valence-corrected chi connectivity index (χ0v) is 9.21. The molecule has 1 atom stereocenters. The Hall–Kier alpha value is -0.970. The van der Waals surface area contributed by atoms with Crippen molar-refractivity contribution in [2.24, 2.45) is 0 Å². The molecule has 0 radical (unpaired) electrons. The molecule has 80 valence electrons. The van der Waals surface area contributed by atoms with E-state index in [-0.39, 0.29) is 12.1 Å². The summed E-state index contributed by atoms with van der Waals surface area (Å²) in [6, 6.07) is 0. The van der Waals surface area contributed by atoms with Crippen LogP contribution in [0, 0.1) is 12.3 Å². The summed E-state index contributed by atoms with van der Waals surface area (Å²) in [5.41, 5.74) is 0. The number of terminal acetylenes is 1. The molecule has 2 nitrogen and oxygen atoms in total. The minimum Gasteiger partial charge on any atom is -0.449 e. The molecule has 0 bridgehead atoms. The van der Waals surface area contributed by atoms with E-state index < -0.39 is 0 Å². The van der Waals surface area contributed by atoms with Gasteiger partial charge in [-0.3, -0.25) is 4.79 Å². The number of unbranched alkanes of at least 4 members (excludes halogenated alkanes) is 2. The molecule has 0 N–H and O–H groups in total. The zero-order chi connectivity index (χ0) is 10.8. The first kappa shape index (κ1) is 13.0. The van der Waals surface area contributed by atoms with E-state index in [4.69, 9.17) is 11.2 Å². The van der Waals surface area contributed by atoms with Gasteiger partial charge in [-0.15, -0.1) is 6.42 Å². The second kappa shape index (κ2) is 8.62. The highest BCUT2D eigenvalue weighted by atomic mass is 16.5. The maximum absolute atomic E-state index is 11.1. The van der Waals surface area contributed by atoms with E-state index in [9.17, 15) is 4.79 Å². The van der Waals surface area contributed by atoms with Gasteiger partial charge in [-0.05, 0) is 19.3 Å². The van der Waals surface area contributed by atoms with Crippen LogP contribution in [0.4, 0.5) is 0 Å². The summed E-state index contributed by atoms with van der Waals surface area (Å²) in [6.45, 7) is 4.08. The SMILES string of the molecule is C#C[C@@H](CCCCC)OC(=O)CCC. The van der Waals surface area contributed by atoms with Crippen LogP contribution in [-0.4, -0.2) is 12.1 Å². The van der Waals surface area contributed by atoms with Crippen LogP contribution in [0.3, 0.4) is 0 Å². The van der Waals surface area contributed by atoms with Crippen molar-refractivity contribution in [2.45, 2.75) is 58.5 Å². The van der Waals surface area contributed by atoms with Crippen molar-refractivity contribution in [1.29, 1.82) is 0 Å². The van der Waals surface area contributed by atoms with Gasteiger partial charge in [0.2, 0.25) is 0 Å². The first-order chi connectivity index (χ1) is 6.74. The Bertz CT molecular complexity index is 191. The second-order valence-electron chi connectivity index (χ2n) is 3.39. The van der Waals surface area contributed by atoms with Crippen LogP contribution < -0.4 is 0 Å². The topological polar surface area (TPSA) is 26.3 Å². The molecule has 0 aromatic heterocycles. The number of rotatable bonds is 7. The fourth-order valence-electron chi connectivity index (χ4n) is 1.18. The summed E-state index contributed by atoms with van der Waals surface area (Å²) in [6.07, 6.45) is 10.3. The fraction of sp³-hybridized carbons (Fsp3) is 0.750. The van der Waals surface area contributed by atoms with Crippen LogP contribution >= 0.6 is 0 Å². The number of esters is 1. The first-order valence-corrected chi connectivity index (χ1v) is 5.40. The Morgan fingerprint density at radius 1 is 1.36 bits per heavy atom. The van der Waals surface area contributed by atoms with Crippen LogP contribution in [-0.2, 0) is 9.53 Å². The summed E-state index contributed by atoms with van der Waals surface area (Å²) < 4.78 is 5.11. The quantitative estimate of drug-likeness (QED) is 0.355. The number of hydrogen-bond donors (Lipinski definition) is 0. The van der Waals surface area contributed by atoms with Crippen LogP contribution in [0.2, 0.25) is 0 Å². The molecule has 0 aromatic rings. The van der Waals surface area contributed by atoms with Gasteiger partial charge in [0.05, 0.1) is 0 Å². The molecule has 0 saturated heterocycles. The number of hydrogen-bond acceptors (Lipinski definition) is 2. The Morgan fingerprint density at radius 2 is 2.07 bits per heavy atom. The van der Waals surface area contributed by atoms with Gasteiger partial charge in [-0.2, -0.15) is 0 Å². The van der Waals surface area contributed by atoms with E-state index in [2.05, 4.69) is 12.8 Å².